The molecule has 0 aliphatic heterocycles. The molecule has 0 atom stereocenters. The zero-order chi connectivity index (χ0) is 17.2. The first-order valence-electron chi connectivity index (χ1n) is 7.91. The molecule has 1 N–H and O–H groups in total. The zero-order valence-electron chi connectivity index (χ0n) is 13.6. The minimum atomic E-state index is -0.309. The summed E-state index contributed by atoms with van der Waals surface area (Å²) in [6.07, 6.45) is 3.38. The third-order valence-electron chi connectivity index (χ3n) is 4.03. The molecule has 122 valence electrons. The van der Waals surface area contributed by atoms with Gasteiger partial charge in [-0.2, -0.15) is 0 Å². The molecule has 0 saturated carbocycles. The van der Waals surface area contributed by atoms with Crippen molar-refractivity contribution in [3.8, 4) is 22.5 Å². The number of anilines is 1. The molecule has 0 radical (unpaired) electrons. The number of nitrogens with zero attached hydrogens (tertiary/aromatic N) is 3. The first-order valence-corrected chi connectivity index (χ1v) is 7.91. The van der Waals surface area contributed by atoms with Crippen LogP contribution in [0.5, 0.6) is 0 Å². The highest BCUT2D eigenvalue weighted by Gasteiger charge is 2.13. The van der Waals surface area contributed by atoms with E-state index in [-0.39, 0.29) is 5.82 Å². The van der Waals surface area contributed by atoms with E-state index in [1.807, 2.05) is 42.5 Å². The van der Waals surface area contributed by atoms with Gasteiger partial charge < -0.3 is 5.32 Å². The Morgan fingerprint density at radius 1 is 0.920 bits per heavy atom. The molecular weight excluding hydrogens is 315 g/mol. The molecule has 5 heteroatoms. The lowest BCUT2D eigenvalue weighted by Gasteiger charge is -2.11. The van der Waals surface area contributed by atoms with Gasteiger partial charge in [-0.25, -0.2) is 14.4 Å². The van der Waals surface area contributed by atoms with Crippen molar-refractivity contribution in [3.63, 3.8) is 0 Å². The topological polar surface area (TPSA) is 50.7 Å². The largest absolute Gasteiger partial charge is 0.373 e. The molecule has 0 fully saturated rings. The second kappa shape index (κ2) is 6.28. The monoisotopic (exact) mass is 330 g/mol. The maximum atomic E-state index is 14.7. The lowest BCUT2D eigenvalue weighted by Crippen LogP contribution is -2.00. The van der Waals surface area contributed by atoms with Crippen molar-refractivity contribution in [3.05, 3.63) is 72.8 Å². The van der Waals surface area contributed by atoms with Gasteiger partial charge in [-0.1, -0.05) is 30.3 Å². The summed E-state index contributed by atoms with van der Waals surface area (Å²) >= 11 is 0. The molecule has 0 spiro atoms. The highest BCUT2D eigenvalue weighted by atomic mass is 19.1. The zero-order valence-corrected chi connectivity index (χ0v) is 13.6. The Bertz CT molecular complexity index is 1030. The maximum Gasteiger partial charge on any atom is 0.163 e. The average Bonchev–Trinajstić information content (AvgIpc) is 2.68. The van der Waals surface area contributed by atoms with Gasteiger partial charge in [0.05, 0.1) is 5.52 Å². The predicted octanol–water partition coefficient (Wildman–Crippen LogP) is 4.54. The maximum absolute atomic E-state index is 14.7. The Hall–Kier alpha value is -3.34. The summed E-state index contributed by atoms with van der Waals surface area (Å²) in [5.74, 6) is 0.856. The van der Waals surface area contributed by atoms with E-state index in [9.17, 15) is 4.39 Å². The van der Waals surface area contributed by atoms with Gasteiger partial charge in [-0.3, -0.25) is 4.98 Å². The molecule has 0 saturated heterocycles. The SMILES string of the molecule is CNc1nc(-c2cccnc2)nc2cc(F)c(-c3ccccc3)cc12. The molecule has 25 heavy (non-hydrogen) atoms. The predicted molar refractivity (Wildman–Crippen MR) is 97.7 cm³/mol. The molecule has 4 rings (SSSR count). The van der Waals surface area contributed by atoms with Crippen LogP contribution < -0.4 is 5.32 Å². The molecule has 0 aliphatic rings. The molecule has 4 nitrogen and oxygen atoms in total. The number of nitrogens with one attached hydrogen (secondary N) is 1. The Balaban J connectivity index is 1.95. The van der Waals surface area contributed by atoms with E-state index < -0.39 is 0 Å². The van der Waals surface area contributed by atoms with E-state index >= 15 is 0 Å². The summed E-state index contributed by atoms with van der Waals surface area (Å²) in [7, 11) is 1.79. The van der Waals surface area contributed by atoms with Crippen LogP contribution >= 0.6 is 0 Å². The van der Waals surface area contributed by atoms with Crippen molar-refractivity contribution in [2.24, 2.45) is 0 Å². The smallest absolute Gasteiger partial charge is 0.163 e. The highest BCUT2D eigenvalue weighted by Crippen LogP contribution is 2.31. The molecule has 0 unspecified atom stereocenters. The van der Waals surface area contributed by atoms with Gasteiger partial charge in [0.25, 0.3) is 0 Å². The van der Waals surface area contributed by atoms with Crippen molar-refractivity contribution < 1.29 is 4.39 Å². The van der Waals surface area contributed by atoms with Gasteiger partial charge in [0, 0.05) is 42.0 Å². The molecule has 0 amide bonds. The number of fused-ring (bicyclic) bond motifs is 1. The van der Waals surface area contributed by atoms with Crippen molar-refractivity contribution in [1.29, 1.82) is 0 Å². The average molecular weight is 330 g/mol. The standard InChI is InChI=1S/C20H15FN4/c1-22-20-16-10-15(13-6-3-2-4-7-13)17(21)11-18(16)24-19(25-20)14-8-5-9-23-12-14/h2-12H,1H3,(H,22,24,25). The summed E-state index contributed by atoms with van der Waals surface area (Å²) in [5.41, 5.74) is 2.69. The molecular formula is C20H15FN4. The number of aromatic nitrogens is 3. The molecule has 4 aromatic rings. The summed E-state index contributed by atoms with van der Waals surface area (Å²) in [6, 6.07) is 16.4. The van der Waals surface area contributed by atoms with Crippen LogP contribution in [-0.4, -0.2) is 22.0 Å². The fourth-order valence-corrected chi connectivity index (χ4v) is 2.80. The van der Waals surface area contributed by atoms with Crippen molar-refractivity contribution in [2.45, 2.75) is 0 Å². The summed E-state index contributed by atoms with van der Waals surface area (Å²) in [6.45, 7) is 0. The second-order valence-corrected chi connectivity index (χ2v) is 5.60. The van der Waals surface area contributed by atoms with Crippen LogP contribution in [0.25, 0.3) is 33.4 Å². The number of hydrogen-bond donors (Lipinski definition) is 1. The summed E-state index contributed by atoms with van der Waals surface area (Å²) in [4.78, 5) is 13.2. The van der Waals surface area contributed by atoms with Crippen LogP contribution in [0.2, 0.25) is 0 Å². The van der Waals surface area contributed by atoms with Gasteiger partial charge in [0.15, 0.2) is 5.82 Å². The highest BCUT2D eigenvalue weighted by molar-refractivity contribution is 5.94. The van der Waals surface area contributed by atoms with Gasteiger partial charge >= 0.3 is 0 Å². The summed E-state index contributed by atoms with van der Waals surface area (Å²) in [5, 5.41) is 3.86. The van der Waals surface area contributed by atoms with Gasteiger partial charge in [-0.05, 0) is 23.8 Å². The van der Waals surface area contributed by atoms with Crippen molar-refractivity contribution in [2.75, 3.05) is 12.4 Å². The van der Waals surface area contributed by atoms with Gasteiger partial charge in [-0.15, -0.1) is 0 Å². The Morgan fingerprint density at radius 3 is 2.44 bits per heavy atom. The minimum absolute atomic E-state index is 0.309. The number of pyridine rings is 1. The first kappa shape index (κ1) is 15.2. The number of halogens is 1. The molecule has 2 aromatic heterocycles. The van der Waals surface area contributed by atoms with E-state index in [4.69, 9.17) is 0 Å². The number of hydrogen-bond acceptors (Lipinski definition) is 4. The van der Waals surface area contributed by atoms with Gasteiger partial charge in [0.1, 0.15) is 11.6 Å². The Morgan fingerprint density at radius 2 is 1.72 bits per heavy atom. The third kappa shape index (κ3) is 2.80. The Kier molecular flexibility index (Phi) is 3.82. The van der Waals surface area contributed by atoms with Crippen LogP contribution in [0.4, 0.5) is 10.2 Å². The van der Waals surface area contributed by atoms with Crippen molar-refractivity contribution in [1.82, 2.24) is 15.0 Å². The van der Waals surface area contributed by atoms with Gasteiger partial charge in [0.2, 0.25) is 0 Å². The van der Waals surface area contributed by atoms with Crippen LogP contribution in [-0.2, 0) is 0 Å². The van der Waals surface area contributed by atoms with Crippen LogP contribution in [0.1, 0.15) is 0 Å². The van der Waals surface area contributed by atoms with E-state index in [2.05, 4.69) is 20.3 Å². The quantitative estimate of drug-likeness (QED) is 0.599. The van der Waals surface area contributed by atoms with E-state index in [0.29, 0.717) is 22.7 Å². The third-order valence-corrected chi connectivity index (χ3v) is 4.03. The Labute approximate surface area is 144 Å². The summed E-state index contributed by atoms with van der Waals surface area (Å²) < 4.78 is 14.7. The fraction of sp³-hybridized carbons (Fsp3) is 0.0500. The molecule has 2 heterocycles. The normalized spacial score (nSPS) is 10.8. The molecule has 0 bridgehead atoms. The number of rotatable bonds is 3. The van der Waals surface area contributed by atoms with Crippen LogP contribution in [0.15, 0.2) is 67.0 Å². The molecule has 0 aliphatic carbocycles. The van der Waals surface area contributed by atoms with E-state index in [0.717, 1.165) is 16.5 Å². The van der Waals surface area contributed by atoms with E-state index in [1.54, 1.807) is 25.5 Å². The number of benzene rings is 2. The van der Waals surface area contributed by atoms with E-state index in [1.165, 1.54) is 6.07 Å². The lowest BCUT2D eigenvalue weighted by atomic mass is 10.0. The lowest BCUT2D eigenvalue weighted by molar-refractivity contribution is 0.633. The molecule has 2 aromatic carbocycles. The van der Waals surface area contributed by atoms with Crippen LogP contribution in [0.3, 0.4) is 0 Å². The fourth-order valence-electron chi connectivity index (χ4n) is 2.80. The first-order chi connectivity index (χ1) is 12.3. The second-order valence-electron chi connectivity index (χ2n) is 5.60. The van der Waals surface area contributed by atoms with Crippen molar-refractivity contribution >= 4 is 16.7 Å². The minimum Gasteiger partial charge on any atom is -0.373 e. The van der Waals surface area contributed by atoms with Crippen LogP contribution in [0, 0.1) is 5.82 Å².